The number of nitrogens with zero attached hydrogens (tertiary/aromatic N) is 2. The van der Waals surface area contributed by atoms with E-state index in [9.17, 15) is 4.79 Å². The first kappa shape index (κ1) is 20.0. The fraction of sp³-hybridized carbons (Fsp3) is 0.304. The number of hydrogen-bond donors (Lipinski definition) is 1. The Morgan fingerprint density at radius 2 is 1.90 bits per heavy atom. The lowest BCUT2D eigenvalue weighted by molar-refractivity contribution is -0.00461. The van der Waals surface area contributed by atoms with Gasteiger partial charge in [-0.1, -0.05) is 0 Å². The number of nitrogens with one attached hydrogen (secondary N) is 1. The molecule has 0 spiro atoms. The molecule has 0 radical (unpaired) electrons. The van der Waals surface area contributed by atoms with Crippen LogP contribution in [0.2, 0.25) is 0 Å². The van der Waals surface area contributed by atoms with Gasteiger partial charge in [0.25, 0.3) is 5.91 Å². The quantitative estimate of drug-likeness (QED) is 0.502. The molecule has 0 bridgehead atoms. The molecule has 1 amide bonds. The standard InChI is InChI=1S/C23H23N3O4S/c1-13-8-14-9-15(4-5-16(14)25-13)30-18-6-7-24-17-10-21(31-22(17)18)23(27)26-11-19(28-2)20(12-26)29-3/h4-10,19-20,25H,11-12H2,1-3H3/t19-,20-/m0/s1. The summed E-state index contributed by atoms with van der Waals surface area (Å²) in [4.78, 5) is 23.3. The van der Waals surface area contributed by atoms with Crippen molar-refractivity contribution in [2.45, 2.75) is 19.1 Å². The van der Waals surface area contributed by atoms with Gasteiger partial charge in [0.2, 0.25) is 0 Å². The van der Waals surface area contributed by atoms with Crippen molar-refractivity contribution in [3.63, 3.8) is 0 Å². The maximum atomic E-state index is 13.1. The monoisotopic (exact) mass is 437 g/mol. The van der Waals surface area contributed by atoms with Gasteiger partial charge >= 0.3 is 0 Å². The van der Waals surface area contributed by atoms with Crippen LogP contribution in [0.15, 0.2) is 42.6 Å². The minimum absolute atomic E-state index is 0.0419. The van der Waals surface area contributed by atoms with Gasteiger partial charge in [-0.05, 0) is 37.3 Å². The normalized spacial score (nSPS) is 18.9. The zero-order valence-corrected chi connectivity index (χ0v) is 18.4. The summed E-state index contributed by atoms with van der Waals surface area (Å²) in [5.74, 6) is 1.39. The number of aromatic nitrogens is 2. The lowest BCUT2D eigenvalue weighted by Gasteiger charge is -2.14. The van der Waals surface area contributed by atoms with Crippen molar-refractivity contribution >= 4 is 38.4 Å². The summed E-state index contributed by atoms with van der Waals surface area (Å²) < 4.78 is 18.0. The molecule has 8 heteroatoms. The number of carbonyl (C=O) groups is 1. The van der Waals surface area contributed by atoms with E-state index in [4.69, 9.17) is 14.2 Å². The average molecular weight is 438 g/mol. The van der Waals surface area contributed by atoms with E-state index < -0.39 is 0 Å². The van der Waals surface area contributed by atoms with Crippen molar-refractivity contribution < 1.29 is 19.0 Å². The molecule has 1 fully saturated rings. The number of ether oxygens (including phenoxy) is 3. The molecule has 4 aromatic rings. The number of hydrogen-bond acceptors (Lipinski definition) is 6. The van der Waals surface area contributed by atoms with Gasteiger partial charge in [-0.3, -0.25) is 9.78 Å². The predicted molar refractivity (Wildman–Crippen MR) is 120 cm³/mol. The third-order valence-electron chi connectivity index (χ3n) is 5.65. The van der Waals surface area contributed by atoms with E-state index in [0.29, 0.717) is 23.7 Å². The molecule has 7 nitrogen and oxygen atoms in total. The topological polar surface area (TPSA) is 76.7 Å². The van der Waals surface area contributed by atoms with E-state index in [2.05, 4.69) is 16.0 Å². The van der Waals surface area contributed by atoms with E-state index in [-0.39, 0.29) is 18.1 Å². The van der Waals surface area contributed by atoms with Crippen LogP contribution in [-0.2, 0) is 9.47 Å². The lowest BCUT2D eigenvalue weighted by atomic mass is 10.2. The molecular weight excluding hydrogens is 414 g/mol. The smallest absolute Gasteiger partial charge is 0.264 e. The van der Waals surface area contributed by atoms with Crippen LogP contribution in [0.4, 0.5) is 0 Å². The number of methoxy groups -OCH3 is 2. The van der Waals surface area contributed by atoms with Crippen molar-refractivity contribution in [1.82, 2.24) is 14.9 Å². The maximum absolute atomic E-state index is 13.1. The number of aryl methyl sites for hydroxylation is 1. The SMILES string of the molecule is CO[C@H]1CN(C(=O)c2cc3nccc(Oc4ccc5[nH]c(C)cc5c4)c3s2)C[C@@H]1OC. The van der Waals surface area contributed by atoms with Gasteiger partial charge in [-0.25, -0.2) is 0 Å². The Bertz CT molecular complexity index is 1250. The fourth-order valence-corrected chi connectivity index (χ4v) is 5.10. The summed E-state index contributed by atoms with van der Waals surface area (Å²) in [6, 6.07) is 11.7. The minimum Gasteiger partial charge on any atom is -0.456 e. The van der Waals surface area contributed by atoms with Crippen LogP contribution in [0.5, 0.6) is 11.5 Å². The zero-order chi connectivity index (χ0) is 21.5. The molecular formula is C23H23N3O4S. The molecule has 2 atom stereocenters. The van der Waals surface area contributed by atoms with Gasteiger partial charge in [0, 0.05) is 56.2 Å². The Balaban J connectivity index is 1.42. The molecule has 160 valence electrons. The Kier molecular flexibility index (Phi) is 5.13. The van der Waals surface area contributed by atoms with E-state index in [1.54, 1.807) is 25.3 Å². The van der Waals surface area contributed by atoms with Gasteiger partial charge in [0.15, 0.2) is 0 Å². The Labute approximate surface area is 183 Å². The summed E-state index contributed by atoms with van der Waals surface area (Å²) in [7, 11) is 3.29. The van der Waals surface area contributed by atoms with Crippen LogP contribution < -0.4 is 4.74 Å². The van der Waals surface area contributed by atoms with Crippen LogP contribution in [-0.4, -0.2) is 60.3 Å². The second-order valence-corrected chi connectivity index (χ2v) is 8.75. The van der Waals surface area contributed by atoms with Crippen LogP contribution in [0.1, 0.15) is 15.4 Å². The molecule has 1 aliphatic heterocycles. The highest BCUT2D eigenvalue weighted by molar-refractivity contribution is 7.21. The molecule has 1 aromatic carbocycles. The number of H-pyrrole nitrogens is 1. The van der Waals surface area contributed by atoms with E-state index in [1.165, 1.54) is 11.3 Å². The first-order valence-corrected chi connectivity index (χ1v) is 10.9. The number of thiophene rings is 1. The van der Waals surface area contributed by atoms with Crippen molar-refractivity contribution in [1.29, 1.82) is 0 Å². The van der Waals surface area contributed by atoms with Crippen LogP contribution >= 0.6 is 11.3 Å². The third kappa shape index (κ3) is 3.67. The molecule has 5 rings (SSSR count). The Hall–Kier alpha value is -2.94. The largest absolute Gasteiger partial charge is 0.456 e. The molecule has 0 saturated carbocycles. The first-order chi connectivity index (χ1) is 15.1. The molecule has 4 heterocycles. The minimum atomic E-state index is -0.118. The van der Waals surface area contributed by atoms with Gasteiger partial charge in [0.1, 0.15) is 23.7 Å². The summed E-state index contributed by atoms with van der Waals surface area (Å²) in [5, 5.41) is 1.09. The molecule has 1 N–H and O–H groups in total. The highest BCUT2D eigenvalue weighted by atomic mass is 32.1. The summed E-state index contributed by atoms with van der Waals surface area (Å²) in [5.41, 5.74) is 2.92. The second kappa shape index (κ2) is 7.96. The van der Waals surface area contributed by atoms with Gasteiger partial charge in [-0.15, -0.1) is 11.3 Å². The van der Waals surface area contributed by atoms with Gasteiger partial charge in [0.05, 0.1) is 15.1 Å². The highest BCUT2D eigenvalue weighted by Gasteiger charge is 2.36. The molecule has 1 saturated heterocycles. The summed E-state index contributed by atoms with van der Waals surface area (Å²) in [6.45, 7) is 3.05. The highest BCUT2D eigenvalue weighted by Crippen LogP contribution is 2.36. The molecule has 1 aliphatic rings. The van der Waals surface area contributed by atoms with Crippen LogP contribution in [0.25, 0.3) is 21.1 Å². The Morgan fingerprint density at radius 3 is 2.65 bits per heavy atom. The first-order valence-electron chi connectivity index (χ1n) is 10.1. The number of benzene rings is 1. The lowest BCUT2D eigenvalue weighted by Crippen LogP contribution is -2.29. The number of aromatic amines is 1. The van der Waals surface area contributed by atoms with E-state index >= 15 is 0 Å². The van der Waals surface area contributed by atoms with Gasteiger partial charge < -0.3 is 24.1 Å². The number of likely N-dealkylation sites (tertiary alicyclic amines) is 1. The van der Waals surface area contributed by atoms with Crippen molar-refractivity contribution in [2.75, 3.05) is 27.3 Å². The van der Waals surface area contributed by atoms with Crippen LogP contribution in [0, 0.1) is 6.92 Å². The molecule has 3 aromatic heterocycles. The third-order valence-corrected chi connectivity index (χ3v) is 6.78. The van der Waals surface area contributed by atoms with E-state index in [1.807, 2.05) is 37.3 Å². The number of fused-ring (bicyclic) bond motifs is 2. The maximum Gasteiger partial charge on any atom is 0.264 e. The van der Waals surface area contributed by atoms with E-state index in [0.717, 1.165) is 32.6 Å². The number of carbonyl (C=O) groups excluding carboxylic acids is 1. The molecule has 0 aliphatic carbocycles. The van der Waals surface area contributed by atoms with Gasteiger partial charge in [-0.2, -0.15) is 0 Å². The summed E-state index contributed by atoms with van der Waals surface area (Å²) >= 11 is 1.40. The zero-order valence-electron chi connectivity index (χ0n) is 17.5. The predicted octanol–water partition coefficient (Wildman–Crippen LogP) is 4.36. The number of rotatable bonds is 5. The number of pyridine rings is 1. The second-order valence-electron chi connectivity index (χ2n) is 7.70. The van der Waals surface area contributed by atoms with Crippen molar-refractivity contribution in [2.24, 2.45) is 0 Å². The Morgan fingerprint density at radius 1 is 1.13 bits per heavy atom. The fourth-order valence-electron chi connectivity index (χ4n) is 4.07. The average Bonchev–Trinajstić information content (AvgIpc) is 3.48. The summed E-state index contributed by atoms with van der Waals surface area (Å²) in [6.07, 6.45) is 1.47. The molecule has 0 unspecified atom stereocenters. The van der Waals surface area contributed by atoms with Crippen molar-refractivity contribution in [3.05, 3.63) is 53.2 Å². The van der Waals surface area contributed by atoms with Crippen LogP contribution in [0.3, 0.4) is 0 Å². The van der Waals surface area contributed by atoms with Crippen molar-refractivity contribution in [3.8, 4) is 11.5 Å². The number of amides is 1. The molecule has 31 heavy (non-hydrogen) atoms.